The molecule has 0 aliphatic rings. The minimum Gasteiger partial charge on any atom is -0.311 e. The van der Waals surface area contributed by atoms with Gasteiger partial charge in [0.15, 0.2) is 0 Å². The van der Waals surface area contributed by atoms with E-state index in [0.29, 0.717) is 12.8 Å². The summed E-state index contributed by atoms with van der Waals surface area (Å²) in [5.41, 5.74) is 1.41. The Morgan fingerprint density at radius 2 is 1.50 bits per heavy atom. The van der Waals surface area contributed by atoms with E-state index in [9.17, 15) is 10.1 Å². The van der Waals surface area contributed by atoms with Crippen LogP contribution in [0.15, 0.2) is 30.3 Å². The zero-order valence-corrected chi connectivity index (χ0v) is 13.5. The van der Waals surface area contributed by atoms with Crippen LogP contribution in [0, 0.1) is 10.1 Å². The van der Waals surface area contributed by atoms with Gasteiger partial charge in [-0.15, -0.1) is 10.1 Å². The third kappa shape index (κ3) is 14.5. The molecule has 1 aromatic rings. The zero-order valence-electron chi connectivity index (χ0n) is 13.5. The van der Waals surface area contributed by atoms with Crippen molar-refractivity contribution in [2.75, 3.05) is 0 Å². The molecule has 0 spiro atoms. The fraction of sp³-hybridized carbons (Fsp3) is 0.625. The second-order valence-electron chi connectivity index (χ2n) is 4.31. The number of hydrogen-bond acceptors (Lipinski definition) is 3. The van der Waals surface area contributed by atoms with Crippen LogP contribution in [0.2, 0.25) is 0 Å². The van der Waals surface area contributed by atoms with Crippen LogP contribution in [0.3, 0.4) is 0 Å². The molecule has 0 fully saturated rings. The highest BCUT2D eigenvalue weighted by molar-refractivity contribution is 5.13. The van der Waals surface area contributed by atoms with Gasteiger partial charge in [-0.25, -0.2) is 0 Å². The molecule has 1 aromatic carbocycles. The average Bonchev–Trinajstić information content (AvgIpc) is 2.47. The monoisotopic (exact) mass is 283 g/mol. The molecule has 20 heavy (non-hydrogen) atoms. The van der Waals surface area contributed by atoms with Gasteiger partial charge in [0.1, 0.15) is 6.10 Å². The van der Waals surface area contributed by atoms with Gasteiger partial charge in [-0.3, -0.25) is 0 Å². The summed E-state index contributed by atoms with van der Waals surface area (Å²) >= 11 is 0. The lowest BCUT2D eigenvalue weighted by atomic mass is 10.2. The summed E-state index contributed by atoms with van der Waals surface area (Å²) < 4.78 is 0. The molecular formula is C16H29NO3. The molecule has 4 heteroatoms. The van der Waals surface area contributed by atoms with Gasteiger partial charge in [0.05, 0.1) is 0 Å². The van der Waals surface area contributed by atoms with Crippen molar-refractivity contribution in [2.24, 2.45) is 0 Å². The minimum atomic E-state index is -0.738. The fourth-order valence-corrected chi connectivity index (χ4v) is 1.27. The molecular weight excluding hydrogens is 254 g/mol. The summed E-state index contributed by atoms with van der Waals surface area (Å²) in [7, 11) is 0. The molecule has 0 aliphatic carbocycles. The van der Waals surface area contributed by atoms with E-state index < -0.39 is 5.09 Å². The van der Waals surface area contributed by atoms with Gasteiger partial charge >= 0.3 is 0 Å². The van der Waals surface area contributed by atoms with Crippen molar-refractivity contribution in [3.8, 4) is 0 Å². The molecule has 0 atom stereocenters. The lowest BCUT2D eigenvalue weighted by Crippen LogP contribution is -2.14. The first-order valence-electron chi connectivity index (χ1n) is 7.40. The Kier molecular flexibility index (Phi) is 16.0. The van der Waals surface area contributed by atoms with E-state index >= 15 is 0 Å². The molecule has 0 saturated carbocycles. The summed E-state index contributed by atoms with van der Waals surface area (Å²) in [6, 6.07) is 10.5. The van der Waals surface area contributed by atoms with E-state index in [1.54, 1.807) is 0 Å². The summed E-state index contributed by atoms with van der Waals surface area (Å²) in [6.07, 6.45) is 3.55. The van der Waals surface area contributed by atoms with Crippen molar-refractivity contribution in [1.82, 2.24) is 0 Å². The fourth-order valence-electron chi connectivity index (χ4n) is 1.27. The van der Waals surface area contributed by atoms with Crippen LogP contribution in [0.4, 0.5) is 0 Å². The highest BCUT2D eigenvalue weighted by Crippen LogP contribution is 2.01. The Hall–Kier alpha value is -1.58. The van der Waals surface area contributed by atoms with Gasteiger partial charge in [-0.05, 0) is 24.8 Å². The smallest absolute Gasteiger partial charge is 0.294 e. The van der Waals surface area contributed by atoms with Crippen LogP contribution in [-0.2, 0) is 11.3 Å². The first kappa shape index (κ1) is 20.7. The van der Waals surface area contributed by atoms with Crippen molar-refractivity contribution < 1.29 is 9.92 Å². The second-order valence-corrected chi connectivity index (χ2v) is 4.31. The Balaban J connectivity index is 0. The Labute approximate surface area is 123 Å². The first-order chi connectivity index (χ1) is 9.55. The maximum absolute atomic E-state index is 9.71. The van der Waals surface area contributed by atoms with Gasteiger partial charge in [-0.1, -0.05) is 71.4 Å². The van der Waals surface area contributed by atoms with E-state index in [2.05, 4.69) is 49.9 Å². The Bertz CT molecular complexity index is 311. The molecule has 0 N–H and O–H groups in total. The molecule has 0 saturated heterocycles. The molecule has 0 radical (unpaired) electrons. The van der Waals surface area contributed by atoms with Crippen LogP contribution in [0.25, 0.3) is 0 Å². The topological polar surface area (TPSA) is 52.4 Å². The number of rotatable bonds is 5. The summed E-state index contributed by atoms with van der Waals surface area (Å²) in [5, 5.41) is 8.97. The van der Waals surface area contributed by atoms with E-state index in [1.807, 2.05) is 19.9 Å². The van der Waals surface area contributed by atoms with Gasteiger partial charge in [0, 0.05) is 0 Å². The van der Waals surface area contributed by atoms with Crippen molar-refractivity contribution in [3.63, 3.8) is 0 Å². The quantitative estimate of drug-likeness (QED) is 0.561. The third-order valence-corrected chi connectivity index (χ3v) is 2.40. The predicted octanol–water partition coefficient (Wildman–Crippen LogP) is 5.05. The predicted molar refractivity (Wildman–Crippen MR) is 84.2 cm³/mol. The molecule has 0 unspecified atom stereocenters. The molecule has 0 aliphatic heterocycles. The van der Waals surface area contributed by atoms with Crippen molar-refractivity contribution >= 4 is 0 Å². The Morgan fingerprint density at radius 1 is 1.05 bits per heavy atom. The van der Waals surface area contributed by atoms with E-state index in [0.717, 1.165) is 6.42 Å². The van der Waals surface area contributed by atoms with Crippen LogP contribution in [0.1, 0.15) is 59.4 Å². The molecule has 4 nitrogen and oxygen atoms in total. The van der Waals surface area contributed by atoms with Crippen molar-refractivity contribution in [3.05, 3.63) is 46.0 Å². The molecule has 0 aromatic heterocycles. The maximum atomic E-state index is 9.71. The van der Waals surface area contributed by atoms with Crippen LogP contribution < -0.4 is 0 Å². The van der Waals surface area contributed by atoms with Gasteiger partial charge in [0.2, 0.25) is 0 Å². The van der Waals surface area contributed by atoms with Crippen molar-refractivity contribution in [2.45, 2.75) is 66.4 Å². The van der Waals surface area contributed by atoms with Gasteiger partial charge < -0.3 is 4.84 Å². The van der Waals surface area contributed by atoms with Crippen LogP contribution in [0.5, 0.6) is 0 Å². The lowest BCUT2D eigenvalue weighted by molar-refractivity contribution is -0.768. The van der Waals surface area contributed by atoms with E-state index in [-0.39, 0.29) is 6.10 Å². The average molecular weight is 283 g/mol. The van der Waals surface area contributed by atoms with Gasteiger partial charge in [-0.2, -0.15) is 0 Å². The number of nitrogens with zero attached hydrogens (tertiary/aromatic N) is 1. The molecule has 116 valence electrons. The maximum Gasteiger partial charge on any atom is 0.294 e. The van der Waals surface area contributed by atoms with E-state index in [1.165, 1.54) is 12.0 Å². The third-order valence-electron chi connectivity index (χ3n) is 2.40. The second kappa shape index (κ2) is 15.5. The van der Waals surface area contributed by atoms with E-state index in [4.69, 9.17) is 0 Å². The van der Waals surface area contributed by atoms with Crippen LogP contribution >= 0.6 is 0 Å². The summed E-state index contributed by atoms with van der Waals surface area (Å²) in [6.45, 7) is 10.1. The number of aryl methyl sites for hydroxylation is 1. The zero-order chi connectivity index (χ0) is 15.8. The number of hydrogen-bond donors (Lipinski definition) is 0. The van der Waals surface area contributed by atoms with Crippen molar-refractivity contribution in [1.29, 1.82) is 0 Å². The molecule has 1 rings (SSSR count). The highest BCUT2D eigenvalue weighted by Gasteiger charge is 2.06. The summed E-state index contributed by atoms with van der Waals surface area (Å²) in [4.78, 5) is 14.0. The lowest BCUT2D eigenvalue weighted by Gasteiger charge is -2.07. The van der Waals surface area contributed by atoms with Crippen LogP contribution in [-0.4, -0.2) is 11.2 Å². The standard InChI is InChI=1S/C8H10.C5H11NO3.C3H8/c1-2-8-6-4-3-5-7-8;1-3-5(4-2)9-6(7)8;1-3-2/h3-7H,2H2,1H3;5H,3-4H2,1-2H3;3H2,1-2H3. The minimum absolute atomic E-state index is 0.222. The SMILES string of the molecule is CCC.CCC(CC)O[N+](=O)[O-].CCc1ccccc1. The Morgan fingerprint density at radius 3 is 1.70 bits per heavy atom. The first-order valence-corrected chi connectivity index (χ1v) is 7.40. The molecule has 0 heterocycles. The molecule has 0 bridgehead atoms. The molecule has 0 amide bonds. The highest BCUT2D eigenvalue weighted by atomic mass is 17.0. The largest absolute Gasteiger partial charge is 0.311 e. The summed E-state index contributed by atoms with van der Waals surface area (Å²) in [5.74, 6) is 0. The van der Waals surface area contributed by atoms with Gasteiger partial charge in [0.25, 0.3) is 5.09 Å². The number of benzene rings is 1. The normalized spacial score (nSPS) is 8.90.